The predicted octanol–water partition coefficient (Wildman–Crippen LogP) is -0.778. The van der Waals surface area contributed by atoms with Crippen molar-refractivity contribution in [2.75, 3.05) is 13.2 Å². The Labute approximate surface area is 66.8 Å². The summed E-state index contributed by atoms with van der Waals surface area (Å²) in [5.41, 5.74) is 5.01. The average Bonchev–Trinajstić information content (AvgIpc) is 1.86. The summed E-state index contributed by atoms with van der Waals surface area (Å²) in [6, 6.07) is 0. The van der Waals surface area contributed by atoms with E-state index in [1.54, 1.807) is 0 Å². The van der Waals surface area contributed by atoms with Gasteiger partial charge in [0.2, 0.25) is 5.91 Å². The van der Waals surface area contributed by atoms with E-state index in [1.165, 1.54) is 0 Å². The zero-order valence-electron chi connectivity index (χ0n) is 7.05. The highest BCUT2D eigenvalue weighted by Gasteiger charge is 2.18. The molecular weight excluding hydrogens is 144 g/mol. The van der Waals surface area contributed by atoms with Crippen LogP contribution in [0.25, 0.3) is 0 Å². The Bertz CT molecular complexity index is 134. The average molecular weight is 160 g/mol. The summed E-state index contributed by atoms with van der Waals surface area (Å²) in [4.78, 5) is 10.7. The number of rotatable bonds is 4. The number of hydrogen-bond acceptors (Lipinski definition) is 3. The maximum atomic E-state index is 10.7. The van der Waals surface area contributed by atoms with E-state index in [2.05, 4.69) is 5.32 Å². The third-order valence-corrected chi connectivity index (χ3v) is 1.39. The first kappa shape index (κ1) is 10.4. The molecule has 0 saturated carbocycles. The molecule has 0 rings (SSSR count). The molecule has 0 aromatic heterocycles. The van der Waals surface area contributed by atoms with Crippen molar-refractivity contribution in [3.8, 4) is 0 Å². The van der Waals surface area contributed by atoms with Crippen molar-refractivity contribution in [1.29, 1.82) is 0 Å². The second-order valence-corrected chi connectivity index (χ2v) is 3.13. The standard InChI is InChI=1S/C7H16N2O2/c1-7(2,3-4-8)9-6(11)5-10/h10H,3-5,8H2,1-2H3,(H,9,11). The summed E-state index contributed by atoms with van der Waals surface area (Å²) >= 11 is 0. The van der Waals surface area contributed by atoms with Crippen LogP contribution in [0.1, 0.15) is 20.3 Å². The topological polar surface area (TPSA) is 75.3 Å². The molecule has 66 valence electrons. The molecular formula is C7H16N2O2. The molecule has 0 bridgehead atoms. The fourth-order valence-electron chi connectivity index (χ4n) is 0.840. The lowest BCUT2D eigenvalue weighted by molar-refractivity contribution is -0.125. The number of nitrogens with one attached hydrogen (secondary N) is 1. The second-order valence-electron chi connectivity index (χ2n) is 3.13. The Morgan fingerprint density at radius 2 is 2.18 bits per heavy atom. The lowest BCUT2D eigenvalue weighted by Gasteiger charge is -2.24. The third kappa shape index (κ3) is 4.75. The fourth-order valence-corrected chi connectivity index (χ4v) is 0.840. The minimum absolute atomic E-state index is 0.311. The minimum Gasteiger partial charge on any atom is -0.387 e. The zero-order valence-corrected chi connectivity index (χ0v) is 7.05. The summed E-state index contributed by atoms with van der Waals surface area (Å²) in [7, 11) is 0. The van der Waals surface area contributed by atoms with Gasteiger partial charge in [-0.15, -0.1) is 0 Å². The number of aliphatic hydroxyl groups is 1. The van der Waals surface area contributed by atoms with Crippen LogP contribution in [-0.2, 0) is 4.79 Å². The van der Waals surface area contributed by atoms with Crippen molar-refractivity contribution in [3.63, 3.8) is 0 Å². The number of carbonyl (C=O) groups excluding carboxylic acids is 1. The first-order valence-corrected chi connectivity index (χ1v) is 3.64. The maximum absolute atomic E-state index is 10.7. The van der Waals surface area contributed by atoms with Crippen molar-refractivity contribution in [1.82, 2.24) is 5.32 Å². The van der Waals surface area contributed by atoms with Gasteiger partial charge in [0.1, 0.15) is 6.61 Å². The Balaban J connectivity index is 3.80. The minimum atomic E-state index is -0.464. The molecule has 0 aromatic rings. The molecule has 4 N–H and O–H groups in total. The quantitative estimate of drug-likeness (QED) is 0.505. The Hall–Kier alpha value is -0.610. The molecule has 0 unspecified atom stereocenters. The van der Waals surface area contributed by atoms with Crippen molar-refractivity contribution in [2.24, 2.45) is 5.73 Å². The molecule has 0 aliphatic heterocycles. The summed E-state index contributed by atoms with van der Waals surface area (Å²) < 4.78 is 0. The van der Waals surface area contributed by atoms with Crippen LogP contribution in [0.15, 0.2) is 0 Å². The highest BCUT2D eigenvalue weighted by molar-refractivity contribution is 5.77. The lowest BCUT2D eigenvalue weighted by Crippen LogP contribution is -2.45. The first-order chi connectivity index (χ1) is 5.02. The highest BCUT2D eigenvalue weighted by Crippen LogP contribution is 2.05. The van der Waals surface area contributed by atoms with Crippen molar-refractivity contribution >= 4 is 5.91 Å². The molecule has 0 aliphatic carbocycles. The molecule has 0 spiro atoms. The summed E-state index contributed by atoms with van der Waals surface area (Å²) in [6.07, 6.45) is 0.707. The van der Waals surface area contributed by atoms with E-state index < -0.39 is 6.61 Å². The summed E-state index contributed by atoms with van der Waals surface area (Å²) in [5, 5.41) is 11.1. The van der Waals surface area contributed by atoms with Crippen LogP contribution >= 0.6 is 0 Å². The van der Waals surface area contributed by atoms with Crippen LogP contribution in [0.5, 0.6) is 0 Å². The van der Waals surface area contributed by atoms with Crippen LogP contribution in [0.2, 0.25) is 0 Å². The molecule has 0 atom stereocenters. The fraction of sp³-hybridized carbons (Fsp3) is 0.857. The van der Waals surface area contributed by atoms with E-state index in [4.69, 9.17) is 10.8 Å². The Morgan fingerprint density at radius 1 is 1.64 bits per heavy atom. The molecule has 0 aliphatic rings. The van der Waals surface area contributed by atoms with Crippen LogP contribution in [0, 0.1) is 0 Å². The van der Waals surface area contributed by atoms with E-state index in [9.17, 15) is 4.79 Å². The van der Waals surface area contributed by atoms with E-state index in [0.29, 0.717) is 13.0 Å². The van der Waals surface area contributed by atoms with Crippen molar-refractivity contribution < 1.29 is 9.90 Å². The van der Waals surface area contributed by atoms with Gasteiger partial charge < -0.3 is 16.2 Å². The SMILES string of the molecule is CC(C)(CCN)NC(=O)CO. The molecule has 4 nitrogen and oxygen atoms in total. The van der Waals surface area contributed by atoms with Gasteiger partial charge in [-0.25, -0.2) is 0 Å². The molecule has 0 radical (unpaired) electrons. The van der Waals surface area contributed by atoms with Crippen LogP contribution in [-0.4, -0.2) is 29.7 Å². The van der Waals surface area contributed by atoms with Gasteiger partial charge in [-0.2, -0.15) is 0 Å². The first-order valence-electron chi connectivity index (χ1n) is 3.64. The zero-order chi connectivity index (χ0) is 8.91. The Morgan fingerprint density at radius 3 is 2.55 bits per heavy atom. The van der Waals surface area contributed by atoms with E-state index >= 15 is 0 Å². The summed E-state index contributed by atoms with van der Waals surface area (Å²) in [5.74, 6) is -0.358. The van der Waals surface area contributed by atoms with Gasteiger partial charge >= 0.3 is 0 Å². The molecule has 0 heterocycles. The highest BCUT2D eigenvalue weighted by atomic mass is 16.3. The van der Waals surface area contributed by atoms with E-state index in [0.717, 1.165) is 0 Å². The van der Waals surface area contributed by atoms with Crippen molar-refractivity contribution in [3.05, 3.63) is 0 Å². The van der Waals surface area contributed by atoms with Gasteiger partial charge in [0.25, 0.3) is 0 Å². The second kappa shape index (κ2) is 4.31. The van der Waals surface area contributed by atoms with Gasteiger partial charge in [0.15, 0.2) is 0 Å². The monoisotopic (exact) mass is 160 g/mol. The maximum Gasteiger partial charge on any atom is 0.246 e. The van der Waals surface area contributed by atoms with E-state index in [1.807, 2.05) is 13.8 Å². The van der Waals surface area contributed by atoms with Gasteiger partial charge in [-0.05, 0) is 26.8 Å². The molecule has 0 saturated heterocycles. The molecule has 1 amide bonds. The largest absolute Gasteiger partial charge is 0.387 e. The van der Waals surface area contributed by atoms with Crippen LogP contribution in [0.3, 0.4) is 0 Å². The molecule has 0 fully saturated rings. The van der Waals surface area contributed by atoms with Gasteiger partial charge in [0.05, 0.1) is 0 Å². The van der Waals surface area contributed by atoms with Gasteiger partial charge in [-0.1, -0.05) is 0 Å². The van der Waals surface area contributed by atoms with Crippen LogP contribution in [0.4, 0.5) is 0 Å². The smallest absolute Gasteiger partial charge is 0.246 e. The van der Waals surface area contributed by atoms with E-state index in [-0.39, 0.29) is 11.4 Å². The normalized spacial score (nSPS) is 11.3. The van der Waals surface area contributed by atoms with Crippen LogP contribution < -0.4 is 11.1 Å². The Kier molecular flexibility index (Phi) is 4.07. The van der Waals surface area contributed by atoms with Crippen molar-refractivity contribution in [2.45, 2.75) is 25.8 Å². The summed E-state index contributed by atoms with van der Waals surface area (Å²) in [6.45, 7) is 3.80. The molecule has 11 heavy (non-hydrogen) atoms. The number of amides is 1. The number of hydrogen-bond donors (Lipinski definition) is 3. The third-order valence-electron chi connectivity index (χ3n) is 1.39. The number of nitrogens with two attached hydrogens (primary N) is 1. The molecule has 0 aromatic carbocycles. The van der Waals surface area contributed by atoms with Gasteiger partial charge in [0, 0.05) is 5.54 Å². The number of carbonyl (C=O) groups is 1. The number of aliphatic hydroxyl groups excluding tert-OH is 1. The van der Waals surface area contributed by atoms with Gasteiger partial charge in [-0.3, -0.25) is 4.79 Å². The molecule has 4 heteroatoms. The predicted molar refractivity (Wildman–Crippen MR) is 43.0 cm³/mol. The lowest BCUT2D eigenvalue weighted by atomic mass is 10.0.